The van der Waals surface area contributed by atoms with Crippen molar-refractivity contribution >= 4 is 6.29 Å². The highest BCUT2D eigenvalue weighted by Crippen LogP contribution is 2.33. The predicted octanol–water partition coefficient (Wildman–Crippen LogP) is 1.66. The number of aldehydes is 1. The quantitative estimate of drug-likeness (QED) is 0.723. The Morgan fingerprint density at radius 2 is 2.19 bits per heavy atom. The molecular formula is C11H14N4O. The number of hydrogen-bond donors (Lipinski definition) is 0. The maximum Gasteiger partial charge on any atom is 0.172 e. The first-order chi connectivity index (χ1) is 7.86. The molecule has 0 saturated heterocycles. The van der Waals surface area contributed by atoms with Gasteiger partial charge < -0.3 is 0 Å². The second kappa shape index (κ2) is 4.88. The second-order valence-electron chi connectivity index (χ2n) is 4.13. The van der Waals surface area contributed by atoms with E-state index in [0.29, 0.717) is 11.6 Å². The summed E-state index contributed by atoms with van der Waals surface area (Å²) in [5, 5.41) is 16.4. The fourth-order valence-electron chi connectivity index (χ4n) is 2.40. The number of carbonyl (C=O) groups excluding carboxylic acids is 1. The number of nitriles is 1. The second-order valence-corrected chi connectivity index (χ2v) is 4.13. The minimum absolute atomic E-state index is 0.173. The van der Waals surface area contributed by atoms with Gasteiger partial charge in [-0.1, -0.05) is 24.5 Å². The molecule has 1 aliphatic carbocycles. The average Bonchev–Trinajstić information content (AvgIpc) is 2.74. The lowest BCUT2D eigenvalue weighted by Gasteiger charge is -2.21. The van der Waals surface area contributed by atoms with E-state index in [1.165, 1.54) is 19.3 Å². The third-order valence-corrected chi connectivity index (χ3v) is 3.12. The highest BCUT2D eigenvalue weighted by atomic mass is 16.1. The van der Waals surface area contributed by atoms with Gasteiger partial charge in [0.05, 0.1) is 11.8 Å². The van der Waals surface area contributed by atoms with Crippen molar-refractivity contribution < 1.29 is 4.79 Å². The van der Waals surface area contributed by atoms with Crippen LogP contribution in [0, 0.1) is 11.3 Å². The van der Waals surface area contributed by atoms with Gasteiger partial charge in [-0.3, -0.25) is 4.79 Å². The molecule has 0 atom stereocenters. The van der Waals surface area contributed by atoms with Crippen molar-refractivity contribution in [2.45, 2.75) is 44.6 Å². The number of aromatic nitrogens is 3. The van der Waals surface area contributed by atoms with Gasteiger partial charge >= 0.3 is 0 Å². The zero-order chi connectivity index (χ0) is 11.4. The minimum atomic E-state index is 0.173. The van der Waals surface area contributed by atoms with Crippen molar-refractivity contribution in [1.82, 2.24) is 15.0 Å². The molecule has 0 bridgehead atoms. The van der Waals surface area contributed by atoms with Crippen molar-refractivity contribution in [2.24, 2.45) is 0 Å². The van der Waals surface area contributed by atoms with Crippen LogP contribution in [-0.4, -0.2) is 21.3 Å². The Kier molecular flexibility index (Phi) is 3.30. The molecule has 16 heavy (non-hydrogen) atoms. The third-order valence-electron chi connectivity index (χ3n) is 3.12. The SMILES string of the molecule is N#CCn1nnc(C=O)c1C1CCCCC1. The predicted molar refractivity (Wildman–Crippen MR) is 56.8 cm³/mol. The molecule has 5 heteroatoms. The first-order valence-electron chi connectivity index (χ1n) is 5.62. The van der Waals surface area contributed by atoms with Gasteiger partial charge in [-0.15, -0.1) is 5.10 Å². The maximum atomic E-state index is 10.9. The zero-order valence-electron chi connectivity index (χ0n) is 9.09. The number of carbonyl (C=O) groups is 1. The van der Waals surface area contributed by atoms with Gasteiger partial charge in [-0.2, -0.15) is 5.26 Å². The van der Waals surface area contributed by atoms with Crippen molar-refractivity contribution in [2.75, 3.05) is 0 Å². The standard InChI is InChI=1S/C11H14N4O/c12-6-7-15-11(10(8-16)13-14-15)9-4-2-1-3-5-9/h8-9H,1-5,7H2. The molecule has 0 unspecified atom stereocenters. The van der Waals surface area contributed by atoms with Crippen LogP contribution in [0.5, 0.6) is 0 Å². The molecule has 1 saturated carbocycles. The van der Waals surface area contributed by atoms with E-state index in [1.807, 2.05) is 6.07 Å². The monoisotopic (exact) mass is 218 g/mol. The highest BCUT2D eigenvalue weighted by molar-refractivity contribution is 5.73. The Labute approximate surface area is 94.1 Å². The van der Waals surface area contributed by atoms with Crippen LogP contribution in [0.4, 0.5) is 0 Å². The van der Waals surface area contributed by atoms with Gasteiger partial charge in [0.2, 0.25) is 0 Å². The fraction of sp³-hybridized carbons (Fsp3) is 0.636. The van der Waals surface area contributed by atoms with Crippen LogP contribution in [-0.2, 0) is 6.54 Å². The number of hydrogen-bond acceptors (Lipinski definition) is 4. The first-order valence-corrected chi connectivity index (χ1v) is 5.62. The molecule has 0 N–H and O–H groups in total. The van der Waals surface area contributed by atoms with Crippen LogP contribution in [0.25, 0.3) is 0 Å². The highest BCUT2D eigenvalue weighted by Gasteiger charge is 2.23. The van der Waals surface area contributed by atoms with Crippen molar-refractivity contribution in [3.05, 3.63) is 11.4 Å². The molecule has 1 heterocycles. The Bertz CT molecular complexity index is 412. The average molecular weight is 218 g/mol. The van der Waals surface area contributed by atoms with E-state index in [0.717, 1.165) is 24.8 Å². The summed E-state index contributed by atoms with van der Waals surface area (Å²) in [6.07, 6.45) is 6.50. The van der Waals surface area contributed by atoms with Crippen molar-refractivity contribution in [1.29, 1.82) is 5.26 Å². The van der Waals surface area contributed by atoms with Gasteiger partial charge in [0.25, 0.3) is 0 Å². The summed E-state index contributed by atoms with van der Waals surface area (Å²) in [4.78, 5) is 10.9. The molecule has 5 nitrogen and oxygen atoms in total. The van der Waals surface area contributed by atoms with E-state index in [4.69, 9.17) is 5.26 Å². The van der Waals surface area contributed by atoms with Gasteiger partial charge in [-0.25, -0.2) is 4.68 Å². The third kappa shape index (κ3) is 1.96. The van der Waals surface area contributed by atoms with Crippen LogP contribution in [0.1, 0.15) is 54.2 Å². The van der Waals surface area contributed by atoms with Crippen molar-refractivity contribution in [3.63, 3.8) is 0 Å². The van der Waals surface area contributed by atoms with Gasteiger partial charge in [0, 0.05) is 5.92 Å². The summed E-state index contributed by atoms with van der Waals surface area (Å²) in [7, 11) is 0. The lowest BCUT2D eigenvalue weighted by molar-refractivity contribution is 0.111. The maximum absolute atomic E-state index is 10.9. The Balaban J connectivity index is 2.31. The molecule has 1 aromatic heterocycles. The normalized spacial score (nSPS) is 16.9. The summed E-state index contributed by atoms with van der Waals surface area (Å²) >= 11 is 0. The smallest absolute Gasteiger partial charge is 0.172 e. The molecule has 0 aliphatic heterocycles. The Morgan fingerprint density at radius 1 is 1.44 bits per heavy atom. The topological polar surface area (TPSA) is 71.6 Å². The van der Waals surface area contributed by atoms with Gasteiger partial charge in [0.15, 0.2) is 6.29 Å². The summed E-state index contributed by atoms with van der Waals surface area (Å²) in [6.45, 7) is 0.173. The molecule has 1 aliphatic rings. The molecular weight excluding hydrogens is 204 g/mol. The van der Waals surface area contributed by atoms with Crippen molar-refractivity contribution in [3.8, 4) is 6.07 Å². The molecule has 1 aromatic rings. The van der Waals surface area contributed by atoms with E-state index < -0.39 is 0 Å². The van der Waals surface area contributed by atoms with Crippen LogP contribution < -0.4 is 0 Å². The van der Waals surface area contributed by atoms with E-state index in [-0.39, 0.29) is 6.54 Å². The lowest BCUT2D eigenvalue weighted by atomic mass is 9.86. The molecule has 0 radical (unpaired) electrons. The van der Waals surface area contributed by atoms with E-state index in [1.54, 1.807) is 4.68 Å². The largest absolute Gasteiger partial charge is 0.296 e. The van der Waals surface area contributed by atoms with Crippen LogP contribution in [0.3, 0.4) is 0 Å². The zero-order valence-corrected chi connectivity index (χ0v) is 9.09. The number of rotatable bonds is 3. The summed E-state index contributed by atoms with van der Waals surface area (Å²) in [5.41, 5.74) is 1.26. The molecule has 84 valence electrons. The Hall–Kier alpha value is -1.70. The lowest BCUT2D eigenvalue weighted by Crippen LogP contribution is -2.13. The summed E-state index contributed by atoms with van der Waals surface area (Å²) in [5.74, 6) is 0.345. The molecule has 0 aromatic carbocycles. The van der Waals surface area contributed by atoms with Crippen LogP contribution >= 0.6 is 0 Å². The first kappa shape index (κ1) is 10.8. The Morgan fingerprint density at radius 3 is 2.81 bits per heavy atom. The van der Waals surface area contributed by atoms with Crippen LogP contribution in [0.15, 0.2) is 0 Å². The summed E-state index contributed by atoms with van der Waals surface area (Å²) < 4.78 is 1.57. The molecule has 0 amide bonds. The van der Waals surface area contributed by atoms with Gasteiger partial charge in [0.1, 0.15) is 12.2 Å². The molecule has 1 fully saturated rings. The fourth-order valence-corrected chi connectivity index (χ4v) is 2.40. The molecule has 0 spiro atoms. The van der Waals surface area contributed by atoms with Crippen LogP contribution in [0.2, 0.25) is 0 Å². The van der Waals surface area contributed by atoms with E-state index >= 15 is 0 Å². The summed E-state index contributed by atoms with van der Waals surface area (Å²) in [6, 6.07) is 2.05. The van der Waals surface area contributed by atoms with E-state index in [9.17, 15) is 4.79 Å². The minimum Gasteiger partial charge on any atom is -0.296 e. The number of nitrogens with zero attached hydrogens (tertiary/aromatic N) is 4. The van der Waals surface area contributed by atoms with E-state index in [2.05, 4.69) is 10.3 Å². The van der Waals surface area contributed by atoms with Gasteiger partial charge in [-0.05, 0) is 12.8 Å². The molecule has 2 rings (SSSR count).